The molecular weight excluding hydrogens is 340 g/mol. The highest BCUT2D eigenvalue weighted by atomic mass is 16.5. The second-order valence-electron chi connectivity index (χ2n) is 7.07. The zero-order chi connectivity index (χ0) is 18.8. The number of aromatic nitrogens is 1. The van der Waals surface area contributed by atoms with Gasteiger partial charge in [0.2, 0.25) is 5.91 Å². The Morgan fingerprint density at radius 2 is 2.11 bits per heavy atom. The highest BCUT2D eigenvalue weighted by Crippen LogP contribution is 2.25. The van der Waals surface area contributed by atoms with Crippen LogP contribution in [0.25, 0.3) is 0 Å². The smallest absolute Gasteiger partial charge is 0.237 e. The predicted octanol–water partition coefficient (Wildman–Crippen LogP) is 2.04. The molecule has 0 saturated carbocycles. The van der Waals surface area contributed by atoms with Crippen molar-refractivity contribution in [2.45, 2.75) is 26.4 Å². The van der Waals surface area contributed by atoms with Gasteiger partial charge in [-0.3, -0.25) is 14.7 Å². The van der Waals surface area contributed by atoms with E-state index in [4.69, 9.17) is 4.74 Å². The highest BCUT2D eigenvalue weighted by Gasteiger charge is 2.26. The number of carbonyl (C=O) groups is 1. The van der Waals surface area contributed by atoms with E-state index in [1.807, 2.05) is 36.1 Å². The molecule has 2 aliphatic rings. The van der Waals surface area contributed by atoms with Gasteiger partial charge in [0.05, 0.1) is 17.8 Å². The van der Waals surface area contributed by atoms with Gasteiger partial charge in [0.15, 0.2) is 0 Å². The maximum atomic E-state index is 12.9. The van der Waals surface area contributed by atoms with Crippen molar-refractivity contribution in [2.75, 3.05) is 26.2 Å². The van der Waals surface area contributed by atoms with Crippen LogP contribution < -0.4 is 4.74 Å². The fourth-order valence-electron chi connectivity index (χ4n) is 3.82. The van der Waals surface area contributed by atoms with E-state index in [1.54, 1.807) is 6.20 Å². The molecule has 0 N–H and O–H groups in total. The molecule has 0 bridgehead atoms. The summed E-state index contributed by atoms with van der Waals surface area (Å²) in [5.41, 5.74) is 4.58. The Morgan fingerprint density at radius 3 is 2.96 bits per heavy atom. The van der Waals surface area contributed by atoms with Crippen LogP contribution in [0.15, 0.2) is 30.5 Å². The molecular formula is C21H22N4O2. The van der Waals surface area contributed by atoms with Crippen molar-refractivity contribution in [2.24, 2.45) is 0 Å². The number of benzene rings is 1. The van der Waals surface area contributed by atoms with Gasteiger partial charge in [-0.25, -0.2) is 0 Å². The topological polar surface area (TPSA) is 69.5 Å². The van der Waals surface area contributed by atoms with Crippen molar-refractivity contribution in [3.8, 4) is 11.8 Å². The van der Waals surface area contributed by atoms with E-state index < -0.39 is 0 Å². The second-order valence-corrected chi connectivity index (χ2v) is 7.07. The summed E-state index contributed by atoms with van der Waals surface area (Å²) >= 11 is 0. The molecule has 0 aliphatic carbocycles. The van der Waals surface area contributed by atoms with E-state index >= 15 is 0 Å². The number of nitrogens with zero attached hydrogens (tertiary/aromatic N) is 4. The van der Waals surface area contributed by atoms with Crippen molar-refractivity contribution < 1.29 is 9.53 Å². The summed E-state index contributed by atoms with van der Waals surface area (Å²) in [6.45, 7) is 5.42. The average molecular weight is 362 g/mol. The third kappa shape index (κ3) is 3.51. The Morgan fingerprint density at radius 1 is 1.26 bits per heavy atom. The number of pyridine rings is 1. The molecule has 1 aromatic carbocycles. The van der Waals surface area contributed by atoms with E-state index in [-0.39, 0.29) is 5.91 Å². The number of fused-ring (bicyclic) bond motifs is 2. The lowest BCUT2D eigenvalue weighted by molar-refractivity contribution is -0.133. The molecule has 0 saturated heterocycles. The van der Waals surface area contributed by atoms with E-state index in [0.29, 0.717) is 44.8 Å². The van der Waals surface area contributed by atoms with E-state index in [1.165, 1.54) is 0 Å². The second kappa shape index (κ2) is 7.37. The number of aryl methyl sites for hydroxylation is 1. The molecule has 2 aliphatic heterocycles. The lowest BCUT2D eigenvalue weighted by Crippen LogP contribution is -2.43. The van der Waals surface area contributed by atoms with Crippen LogP contribution in [0.1, 0.15) is 27.9 Å². The molecule has 1 amide bonds. The van der Waals surface area contributed by atoms with Crippen molar-refractivity contribution in [1.82, 2.24) is 14.8 Å². The average Bonchev–Trinajstić information content (AvgIpc) is 2.89. The van der Waals surface area contributed by atoms with Crippen LogP contribution in [0.5, 0.6) is 5.75 Å². The van der Waals surface area contributed by atoms with Gasteiger partial charge in [-0.2, -0.15) is 5.26 Å². The zero-order valence-corrected chi connectivity index (χ0v) is 15.4. The number of nitriles is 1. The highest BCUT2D eigenvalue weighted by molar-refractivity contribution is 5.78. The van der Waals surface area contributed by atoms with Crippen LogP contribution in [0.3, 0.4) is 0 Å². The minimum Gasteiger partial charge on any atom is -0.492 e. The molecule has 0 fully saturated rings. The number of hydrogen-bond acceptors (Lipinski definition) is 5. The van der Waals surface area contributed by atoms with Gasteiger partial charge in [0.1, 0.15) is 18.4 Å². The van der Waals surface area contributed by atoms with Gasteiger partial charge in [-0.15, -0.1) is 0 Å². The van der Waals surface area contributed by atoms with Gasteiger partial charge in [-0.05, 0) is 30.5 Å². The Labute approximate surface area is 159 Å². The van der Waals surface area contributed by atoms with Crippen LogP contribution >= 0.6 is 0 Å². The first-order valence-electron chi connectivity index (χ1n) is 9.24. The molecule has 1 aromatic heterocycles. The van der Waals surface area contributed by atoms with Crippen molar-refractivity contribution in [3.63, 3.8) is 0 Å². The monoisotopic (exact) mass is 362 g/mol. The molecule has 0 radical (unpaired) electrons. The quantitative estimate of drug-likeness (QED) is 0.818. The Hall–Kier alpha value is -2.91. The number of para-hydroxylation sites is 1. The number of carbonyl (C=O) groups excluding carboxylic acids is 1. The van der Waals surface area contributed by atoms with Crippen LogP contribution in [-0.2, 0) is 24.3 Å². The summed E-state index contributed by atoms with van der Waals surface area (Å²) < 4.78 is 5.78. The van der Waals surface area contributed by atoms with Crippen LogP contribution in [0.4, 0.5) is 0 Å². The first-order valence-corrected chi connectivity index (χ1v) is 9.24. The maximum absolute atomic E-state index is 12.9. The van der Waals surface area contributed by atoms with Gasteiger partial charge in [0.25, 0.3) is 0 Å². The molecule has 3 heterocycles. The summed E-state index contributed by atoms with van der Waals surface area (Å²) in [6.07, 6.45) is 2.51. The molecule has 138 valence electrons. The Balaban J connectivity index is 1.45. The van der Waals surface area contributed by atoms with Gasteiger partial charge in [-0.1, -0.05) is 18.2 Å². The number of amides is 1. The van der Waals surface area contributed by atoms with Gasteiger partial charge in [0, 0.05) is 37.9 Å². The summed E-state index contributed by atoms with van der Waals surface area (Å²) in [5.74, 6) is 1.02. The Bertz CT molecular complexity index is 919. The number of rotatable bonds is 2. The minimum atomic E-state index is 0.110. The standard InChI is InChI=1S/C21H22N4O2/c1-15-19(10-22)18-6-7-25(13-17(18)11-23-15)21(26)14-24-8-9-27-20-5-3-2-4-16(20)12-24/h2-5,11H,6-9,12-14H2,1H3. The van der Waals surface area contributed by atoms with Crippen LogP contribution in [0.2, 0.25) is 0 Å². The van der Waals surface area contributed by atoms with Crippen LogP contribution in [-0.4, -0.2) is 46.9 Å². The van der Waals surface area contributed by atoms with Gasteiger partial charge < -0.3 is 9.64 Å². The summed E-state index contributed by atoms with van der Waals surface area (Å²) in [5, 5.41) is 9.38. The number of ether oxygens (including phenoxy) is 1. The molecule has 6 heteroatoms. The maximum Gasteiger partial charge on any atom is 0.237 e. The SMILES string of the molecule is Cc1ncc2c(c1C#N)CCN(C(=O)CN1CCOc3ccccc3C1)C2. The fraction of sp³-hybridized carbons (Fsp3) is 0.381. The molecule has 0 unspecified atom stereocenters. The predicted molar refractivity (Wildman–Crippen MR) is 100 cm³/mol. The minimum absolute atomic E-state index is 0.110. The summed E-state index contributed by atoms with van der Waals surface area (Å²) in [6, 6.07) is 10.3. The lowest BCUT2D eigenvalue weighted by atomic mass is 9.95. The molecule has 2 aromatic rings. The first kappa shape index (κ1) is 17.5. The van der Waals surface area contributed by atoms with E-state index in [2.05, 4.69) is 16.0 Å². The molecule has 6 nitrogen and oxygen atoms in total. The fourth-order valence-corrected chi connectivity index (χ4v) is 3.82. The molecule has 4 rings (SSSR count). The van der Waals surface area contributed by atoms with E-state index in [0.717, 1.165) is 34.7 Å². The van der Waals surface area contributed by atoms with Crippen LogP contribution in [0, 0.1) is 18.3 Å². The summed E-state index contributed by atoms with van der Waals surface area (Å²) in [7, 11) is 0. The normalized spacial score (nSPS) is 16.5. The third-order valence-electron chi connectivity index (χ3n) is 5.31. The zero-order valence-electron chi connectivity index (χ0n) is 15.4. The largest absolute Gasteiger partial charge is 0.492 e. The van der Waals surface area contributed by atoms with Crippen molar-refractivity contribution in [3.05, 3.63) is 58.4 Å². The van der Waals surface area contributed by atoms with Crippen molar-refractivity contribution in [1.29, 1.82) is 5.26 Å². The van der Waals surface area contributed by atoms with Gasteiger partial charge >= 0.3 is 0 Å². The molecule has 0 atom stereocenters. The lowest BCUT2D eigenvalue weighted by Gasteiger charge is -2.31. The van der Waals surface area contributed by atoms with E-state index in [9.17, 15) is 10.1 Å². The number of hydrogen-bond donors (Lipinski definition) is 0. The third-order valence-corrected chi connectivity index (χ3v) is 5.31. The Kier molecular flexibility index (Phi) is 4.78. The molecule has 27 heavy (non-hydrogen) atoms. The van der Waals surface area contributed by atoms with Crippen molar-refractivity contribution >= 4 is 5.91 Å². The molecule has 0 spiro atoms. The first-order chi connectivity index (χ1) is 13.2. The summed E-state index contributed by atoms with van der Waals surface area (Å²) in [4.78, 5) is 21.2.